The first-order valence-corrected chi connectivity index (χ1v) is 11.5. The number of anilines is 1. The van der Waals surface area contributed by atoms with Gasteiger partial charge in [0.05, 0.1) is 17.8 Å². The van der Waals surface area contributed by atoms with E-state index in [1.807, 2.05) is 0 Å². The number of rotatable bonds is 8. The number of amides is 2. The Bertz CT molecular complexity index is 1170. The molecule has 2 N–H and O–H groups in total. The molecular formula is C23H18Br2ClN3O4. The lowest BCUT2D eigenvalue weighted by molar-refractivity contribution is -0.118. The second-order valence-corrected chi connectivity index (χ2v) is 8.79. The molecule has 3 aromatic rings. The third kappa shape index (κ3) is 7.31. The van der Waals surface area contributed by atoms with E-state index in [9.17, 15) is 9.59 Å². The van der Waals surface area contributed by atoms with Crippen LogP contribution in [-0.2, 0) is 4.79 Å². The lowest BCUT2D eigenvalue weighted by Crippen LogP contribution is -2.20. The number of hydrogen-bond donors (Lipinski definition) is 2. The molecule has 0 aliphatic carbocycles. The van der Waals surface area contributed by atoms with Crippen molar-refractivity contribution in [3.05, 3.63) is 85.8 Å². The maximum absolute atomic E-state index is 12.2. The maximum atomic E-state index is 12.2. The normalized spacial score (nSPS) is 10.7. The molecule has 0 saturated heterocycles. The second-order valence-electron chi connectivity index (χ2n) is 6.58. The van der Waals surface area contributed by atoms with Crippen molar-refractivity contribution in [3.8, 4) is 11.5 Å². The summed E-state index contributed by atoms with van der Waals surface area (Å²) in [4.78, 5) is 24.3. The van der Waals surface area contributed by atoms with Crippen molar-refractivity contribution in [2.24, 2.45) is 5.10 Å². The van der Waals surface area contributed by atoms with Crippen molar-refractivity contribution < 1.29 is 19.1 Å². The number of methoxy groups -OCH3 is 1. The van der Waals surface area contributed by atoms with Crippen molar-refractivity contribution in [2.45, 2.75) is 0 Å². The topological polar surface area (TPSA) is 89.0 Å². The fourth-order valence-corrected chi connectivity index (χ4v) is 3.62. The first-order valence-electron chi connectivity index (χ1n) is 9.50. The van der Waals surface area contributed by atoms with Crippen LogP contribution in [-0.4, -0.2) is 31.7 Å². The number of benzene rings is 3. The lowest BCUT2D eigenvalue weighted by Gasteiger charge is -2.13. The van der Waals surface area contributed by atoms with E-state index in [0.717, 1.165) is 4.47 Å². The molecule has 2 amide bonds. The van der Waals surface area contributed by atoms with Crippen LogP contribution in [0.15, 0.2) is 74.7 Å². The van der Waals surface area contributed by atoms with Crippen LogP contribution in [0.4, 0.5) is 5.69 Å². The molecule has 0 aliphatic rings. The average Bonchev–Trinajstić information content (AvgIpc) is 2.80. The van der Waals surface area contributed by atoms with Gasteiger partial charge in [-0.1, -0.05) is 27.5 Å². The highest BCUT2D eigenvalue weighted by Gasteiger charge is 2.13. The Morgan fingerprint density at radius 3 is 2.42 bits per heavy atom. The molecule has 0 atom stereocenters. The summed E-state index contributed by atoms with van der Waals surface area (Å²) in [5.74, 6) is 0.0770. The van der Waals surface area contributed by atoms with E-state index in [1.54, 1.807) is 60.7 Å². The molecular weight excluding hydrogens is 578 g/mol. The molecule has 10 heteroatoms. The average molecular weight is 596 g/mol. The smallest absolute Gasteiger partial charge is 0.271 e. The van der Waals surface area contributed by atoms with Gasteiger partial charge in [0.2, 0.25) is 0 Å². The first-order chi connectivity index (χ1) is 15.9. The second kappa shape index (κ2) is 11.8. The van der Waals surface area contributed by atoms with Gasteiger partial charge in [-0.25, -0.2) is 5.43 Å². The summed E-state index contributed by atoms with van der Waals surface area (Å²) in [5, 5.41) is 7.28. The Morgan fingerprint density at radius 1 is 1.06 bits per heavy atom. The molecule has 0 heterocycles. The molecule has 0 unspecified atom stereocenters. The molecule has 0 aliphatic heterocycles. The number of ether oxygens (including phenoxy) is 2. The van der Waals surface area contributed by atoms with Gasteiger partial charge in [-0.15, -0.1) is 0 Å². The number of carbonyl (C=O) groups excluding carboxylic acids is 2. The number of nitrogens with zero attached hydrogens (tertiary/aromatic N) is 1. The Hall–Kier alpha value is -2.88. The highest BCUT2D eigenvalue weighted by Crippen LogP contribution is 2.36. The summed E-state index contributed by atoms with van der Waals surface area (Å²) in [6.07, 6.45) is 1.47. The van der Waals surface area contributed by atoms with Gasteiger partial charge in [0.1, 0.15) is 0 Å². The highest BCUT2D eigenvalue weighted by molar-refractivity contribution is 9.10. The number of hydrazone groups is 1. The standard InChI is InChI=1S/C23H18Br2ClN3O4/c1-32-20-11-14(12-27-29-23(31)15-2-4-16(24)5-3-15)10-19(25)22(20)33-13-21(30)28-18-8-6-17(26)7-9-18/h2-12H,13H2,1H3,(H,28,30)(H,29,31)/b27-12+. The first kappa shape index (κ1) is 24.8. The molecule has 0 fully saturated rings. The zero-order valence-electron chi connectivity index (χ0n) is 17.3. The summed E-state index contributed by atoms with van der Waals surface area (Å²) >= 11 is 12.6. The van der Waals surface area contributed by atoms with E-state index in [0.29, 0.717) is 37.8 Å². The predicted octanol–water partition coefficient (Wildman–Crippen LogP) is 5.66. The van der Waals surface area contributed by atoms with Crippen molar-refractivity contribution in [1.82, 2.24) is 5.43 Å². The molecule has 0 radical (unpaired) electrons. The van der Waals surface area contributed by atoms with Crippen LogP contribution >= 0.6 is 43.5 Å². The van der Waals surface area contributed by atoms with Crippen LogP contribution in [0.25, 0.3) is 0 Å². The van der Waals surface area contributed by atoms with Crippen LogP contribution < -0.4 is 20.2 Å². The molecule has 0 bridgehead atoms. The monoisotopic (exact) mass is 593 g/mol. The van der Waals surface area contributed by atoms with Crippen LogP contribution in [0, 0.1) is 0 Å². The molecule has 0 saturated carbocycles. The Morgan fingerprint density at radius 2 is 1.76 bits per heavy atom. The van der Waals surface area contributed by atoms with Crippen molar-refractivity contribution in [1.29, 1.82) is 0 Å². The van der Waals surface area contributed by atoms with Gasteiger partial charge in [-0.2, -0.15) is 5.10 Å². The van der Waals surface area contributed by atoms with E-state index in [4.69, 9.17) is 21.1 Å². The molecule has 33 heavy (non-hydrogen) atoms. The zero-order valence-corrected chi connectivity index (χ0v) is 21.2. The van der Waals surface area contributed by atoms with Crippen molar-refractivity contribution in [2.75, 3.05) is 19.0 Å². The summed E-state index contributed by atoms with van der Waals surface area (Å²) in [5.41, 5.74) is 4.21. The Labute approximate surface area is 212 Å². The largest absolute Gasteiger partial charge is 0.493 e. The minimum Gasteiger partial charge on any atom is -0.493 e. The Balaban J connectivity index is 1.62. The summed E-state index contributed by atoms with van der Waals surface area (Å²) in [7, 11) is 1.48. The summed E-state index contributed by atoms with van der Waals surface area (Å²) < 4.78 is 12.5. The Kier molecular flexibility index (Phi) is 8.87. The zero-order chi connectivity index (χ0) is 23.8. The van der Waals surface area contributed by atoms with E-state index in [2.05, 4.69) is 47.7 Å². The summed E-state index contributed by atoms with van der Waals surface area (Å²) in [6, 6.07) is 17.1. The number of carbonyl (C=O) groups is 2. The van der Waals surface area contributed by atoms with E-state index < -0.39 is 0 Å². The number of halogens is 3. The van der Waals surface area contributed by atoms with Crippen LogP contribution in [0.3, 0.4) is 0 Å². The van der Waals surface area contributed by atoms with E-state index in [-0.39, 0.29) is 18.4 Å². The fraction of sp³-hybridized carbons (Fsp3) is 0.0870. The number of nitrogens with one attached hydrogen (secondary N) is 2. The maximum Gasteiger partial charge on any atom is 0.271 e. The van der Waals surface area contributed by atoms with Crippen molar-refractivity contribution in [3.63, 3.8) is 0 Å². The minimum atomic E-state index is -0.340. The van der Waals surface area contributed by atoms with Crippen LogP contribution in [0.2, 0.25) is 5.02 Å². The van der Waals surface area contributed by atoms with Gasteiger partial charge in [0.15, 0.2) is 18.1 Å². The van der Waals surface area contributed by atoms with Gasteiger partial charge in [0.25, 0.3) is 11.8 Å². The number of hydrogen-bond acceptors (Lipinski definition) is 5. The van der Waals surface area contributed by atoms with E-state index >= 15 is 0 Å². The molecule has 3 rings (SSSR count). The van der Waals surface area contributed by atoms with Gasteiger partial charge in [-0.05, 0) is 82.2 Å². The van der Waals surface area contributed by atoms with Crippen molar-refractivity contribution >= 4 is 67.2 Å². The molecule has 0 spiro atoms. The van der Waals surface area contributed by atoms with Gasteiger partial charge in [0, 0.05) is 20.7 Å². The SMILES string of the molecule is COc1cc(/C=N/NC(=O)c2ccc(Br)cc2)cc(Br)c1OCC(=O)Nc1ccc(Cl)cc1. The minimum absolute atomic E-state index is 0.228. The van der Waals surface area contributed by atoms with E-state index in [1.165, 1.54) is 13.3 Å². The predicted molar refractivity (Wildman–Crippen MR) is 135 cm³/mol. The van der Waals surface area contributed by atoms with Gasteiger partial charge < -0.3 is 14.8 Å². The third-order valence-electron chi connectivity index (χ3n) is 4.21. The van der Waals surface area contributed by atoms with Gasteiger partial charge >= 0.3 is 0 Å². The third-order valence-corrected chi connectivity index (χ3v) is 5.58. The highest BCUT2D eigenvalue weighted by atomic mass is 79.9. The lowest BCUT2D eigenvalue weighted by atomic mass is 10.2. The van der Waals surface area contributed by atoms with Crippen LogP contribution in [0.5, 0.6) is 11.5 Å². The molecule has 0 aromatic heterocycles. The molecule has 3 aromatic carbocycles. The molecule has 7 nitrogen and oxygen atoms in total. The van der Waals surface area contributed by atoms with Crippen LogP contribution in [0.1, 0.15) is 15.9 Å². The fourth-order valence-electron chi connectivity index (χ4n) is 2.65. The van der Waals surface area contributed by atoms with Gasteiger partial charge in [-0.3, -0.25) is 9.59 Å². The molecule has 170 valence electrons. The quantitative estimate of drug-likeness (QED) is 0.260. The summed E-state index contributed by atoms with van der Waals surface area (Å²) in [6.45, 7) is -0.228.